The first-order valence-corrected chi connectivity index (χ1v) is 4.12. The lowest BCUT2D eigenvalue weighted by Gasteiger charge is -2.19. The first kappa shape index (κ1) is 10.5. The number of carbonyl (C=O) groups is 1. The molecular formula is C10H12O4. The van der Waals surface area contributed by atoms with Crippen LogP contribution in [0.15, 0.2) is 18.2 Å². The fraction of sp³-hybridized carbons (Fsp3) is 0.300. The summed E-state index contributed by atoms with van der Waals surface area (Å²) in [5.74, 6) is -1.60. The van der Waals surface area contributed by atoms with Gasteiger partial charge in [0.05, 0.1) is 5.60 Å². The van der Waals surface area contributed by atoms with Crippen molar-refractivity contribution in [2.75, 3.05) is 0 Å². The standard InChI is InChI=1S/C10H12O4/c1-10(2,14)7-5-3-4-6(8(7)11)9(12)13/h3-5,11,14H,1-2H3,(H,12,13). The third kappa shape index (κ3) is 1.85. The number of aromatic carboxylic acids is 1. The summed E-state index contributed by atoms with van der Waals surface area (Å²) < 4.78 is 0. The van der Waals surface area contributed by atoms with Crippen LogP contribution in [0, 0.1) is 0 Å². The predicted octanol–water partition coefficient (Wildman–Crippen LogP) is 1.32. The minimum absolute atomic E-state index is 0.204. The highest BCUT2D eigenvalue weighted by molar-refractivity contribution is 5.91. The Morgan fingerprint density at radius 3 is 2.36 bits per heavy atom. The number of carboxylic acid groups (broad SMARTS) is 1. The zero-order chi connectivity index (χ0) is 10.9. The lowest BCUT2D eigenvalue weighted by molar-refractivity contribution is 0.0683. The second kappa shape index (κ2) is 3.31. The molecule has 0 saturated heterocycles. The monoisotopic (exact) mass is 196 g/mol. The Bertz CT molecular complexity index is 363. The van der Waals surface area contributed by atoms with Crippen molar-refractivity contribution < 1.29 is 20.1 Å². The molecule has 0 bridgehead atoms. The second-order valence-corrected chi connectivity index (χ2v) is 3.57. The lowest BCUT2D eigenvalue weighted by atomic mass is 9.95. The van der Waals surface area contributed by atoms with Gasteiger partial charge in [-0.3, -0.25) is 0 Å². The number of aromatic hydroxyl groups is 1. The van der Waals surface area contributed by atoms with Crippen LogP contribution in [0.5, 0.6) is 5.75 Å². The third-order valence-electron chi connectivity index (χ3n) is 1.93. The summed E-state index contributed by atoms with van der Waals surface area (Å²) in [7, 11) is 0. The molecule has 76 valence electrons. The summed E-state index contributed by atoms with van der Waals surface area (Å²) in [5.41, 5.74) is -1.25. The van der Waals surface area contributed by atoms with Crippen molar-refractivity contribution in [1.82, 2.24) is 0 Å². The van der Waals surface area contributed by atoms with Crippen molar-refractivity contribution in [3.05, 3.63) is 29.3 Å². The van der Waals surface area contributed by atoms with E-state index < -0.39 is 11.6 Å². The van der Waals surface area contributed by atoms with Crippen LogP contribution in [-0.4, -0.2) is 21.3 Å². The Hall–Kier alpha value is -1.55. The quantitative estimate of drug-likeness (QED) is 0.666. The fourth-order valence-electron chi connectivity index (χ4n) is 1.21. The Kier molecular flexibility index (Phi) is 2.49. The van der Waals surface area contributed by atoms with Gasteiger partial charge in [-0.2, -0.15) is 0 Å². The zero-order valence-corrected chi connectivity index (χ0v) is 7.98. The van der Waals surface area contributed by atoms with Gasteiger partial charge < -0.3 is 15.3 Å². The van der Waals surface area contributed by atoms with Gasteiger partial charge in [0, 0.05) is 5.56 Å². The predicted molar refractivity (Wildman–Crippen MR) is 50.3 cm³/mol. The van der Waals surface area contributed by atoms with Crippen molar-refractivity contribution in [2.24, 2.45) is 0 Å². The van der Waals surface area contributed by atoms with E-state index in [9.17, 15) is 15.0 Å². The normalized spacial score (nSPS) is 11.4. The Morgan fingerprint density at radius 2 is 1.93 bits per heavy atom. The molecule has 0 unspecified atom stereocenters. The molecule has 14 heavy (non-hydrogen) atoms. The average Bonchev–Trinajstić information content (AvgIpc) is 2.01. The summed E-state index contributed by atoms with van der Waals surface area (Å²) in [6, 6.07) is 4.26. The summed E-state index contributed by atoms with van der Waals surface area (Å²) in [6.45, 7) is 2.96. The van der Waals surface area contributed by atoms with Gasteiger partial charge in [-0.25, -0.2) is 4.79 Å². The largest absolute Gasteiger partial charge is 0.507 e. The molecule has 0 radical (unpaired) electrons. The number of phenols is 1. The molecule has 1 aromatic rings. The van der Waals surface area contributed by atoms with Crippen LogP contribution in [-0.2, 0) is 5.60 Å². The van der Waals surface area contributed by atoms with Crippen molar-refractivity contribution in [3.8, 4) is 5.75 Å². The minimum atomic E-state index is -1.25. The number of hydrogen-bond acceptors (Lipinski definition) is 3. The SMILES string of the molecule is CC(C)(O)c1cccc(C(=O)O)c1O. The van der Waals surface area contributed by atoms with Crippen LogP contribution in [0.2, 0.25) is 0 Å². The summed E-state index contributed by atoms with van der Waals surface area (Å²) >= 11 is 0. The van der Waals surface area contributed by atoms with Crippen molar-refractivity contribution >= 4 is 5.97 Å². The molecule has 0 spiro atoms. The lowest BCUT2D eigenvalue weighted by Crippen LogP contribution is -2.16. The first-order valence-electron chi connectivity index (χ1n) is 4.12. The molecule has 0 aliphatic heterocycles. The highest BCUT2D eigenvalue weighted by atomic mass is 16.4. The van der Waals surface area contributed by atoms with E-state index in [1.54, 1.807) is 0 Å². The van der Waals surface area contributed by atoms with Crippen molar-refractivity contribution in [1.29, 1.82) is 0 Å². The van der Waals surface area contributed by atoms with E-state index in [-0.39, 0.29) is 16.9 Å². The molecule has 1 aromatic carbocycles. The molecule has 0 aromatic heterocycles. The molecule has 4 nitrogen and oxygen atoms in total. The zero-order valence-electron chi connectivity index (χ0n) is 7.98. The fourth-order valence-corrected chi connectivity index (χ4v) is 1.21. The topological polar surface area (TPSA) is 77.8 Å². The Labute approximate surface area is 81.4 Å². The Morgan fingerprint density at radius 1 is 1.36 bits per heavy atom. The third-order valence-corrected chi connectivity index (χ3v) is 1.93. The van der Waals surface area contributed by atoms with E-state index in [4.69, 9.17) is 5.11 Å². The van der Waals surface area contributed by atoms with Crippen molar-refractivity contribution in [2.45, 2.75) is 19.4 Å². The number of hydrogen-bond donors (Lipinski definition) is 3. The minimum Gasteiger partial charge on any atom is -0.507 e. The molecule has 0 aliphatic rings. The van der Waals surface area contributed by atoms with Crippen LogP contribution in [0.1, 0.15) is 29.8 Å². The molecule has 0 fully saturated rings. The van der Waals surface area contributed by atoms with Crippen LogP contribution < -0.4 is 0 Å². The number of benzene rings is 1. The molecular weight excluding hydrogens is 184 g/mol. The smallest absolute Gasteiger partial charge is 0.339 e. The maximum absolute atomic E-state index is 10.7. The van der Waals surface area contributed by atoms with Crippen LogP contribution in [0.25, 0.3) is 0 Å². The van der Waals surface area contributed by atoms with Crippen LogP contribution in [0.4, 0.5) is 0 Å². The van der Waals surface area contributed by atoms with Gasteiger partial charge in [0.15, 0.2) is 0 Å². The summed E-state index contributed by atoms with van der Waals surface area (Å²) in [4.78, 5) is 10.7. The van der Waals surface area contributed by atoms with E-state index in [1.165, 1.54) is 32.0 Å². The number of para-hydroxylation sites is 1. The van der Waals surface area contributed by atoms with Crippen LogP contribution in [0.3, 0.4) is 0 Å². The molecule has 1 rings (SSSR count). The molecule has 3 N–H and O–H groups in total. The number of carboxylic acids is 1. The highest BCUT2D eigenvalue weighted by Crippen LogP contribution is 2.31. The van der Waals surface area contributed by atoms with Gasteiger partial charge >= 0.3 is 5.97 Å². The molecule has 0 heterocycles. The number of aliphatic hydroxyl groups is 1. The van der Waals surface area contributed by atoms with Gasteiger partial charge in [0.1, 0.15) is 11.3 Å². The van der Waals surface area contributed by atoms with Crippen LogP contribution >= 0.6 is 0 Å². The first-order chi connectivity index (χ1) is 6.34. The van der Waals surface area contributed by atoms with Gasteiger partial charge in [0.2, 0.25) is 0 Å². The van der Waals surface area contributed by atoms with E-state index in [0.29, 0.717) is 0 Å². The number of rotatable bonds is 2. The van der Waals surface area contributed by atoms with Gasteiger partial charge in [-0.15, -0.1) is 0 Å². The van der Waals surface area contributed by atoms with Gasteiger partial charge in [0.25, 0.3) is 0 Å². The molecule has 4 heteroatoms. The Balaban J connectivity index is 3.35. The van der Waals surface area contributed by atoms with E-state index in [2.05, 4.69) is 0 Å². The molecule has 0 aliphatic carbocycles. The molecule has 0 amide bonds. The average molecular weight is 196 g/mol. The second-order valence-electron chi connectivity index (χ2n) is 3.57. The van der Waals surface area contributed by atoms with Gasteiger partial charge in [-0.1, -0.05) is 12.1 Å². The van der Waals surface area contributed by atoms with E-state index in [1.807, 2.05) is 0 Å². The molecule has 0 saturated carbocycles. The maximum Gasteiger partial charge on any atom is 0.339 e. The van der Waals surface area contributed by atoms with E-state index >= 15 is 0 Å². The highest BCUT2D eigenvalue weighted by Gasteiger charge is 2.23. The van der Waals surface area contributed by atoms with Crippen molar-refractivity contribution in [3.63, 3.8) is 0 Å². The van der Waals surface area contributed by atoms with E-state index in [0.717, 1.165) is 0 Å². The maximum atomic E-state index is 10.7. The van der Waals surface area contributed by atoms with Gasteiger partial charge in [-0.05, 0) is 19.9 Å². The molecule has 0 atom stereocenters. The summed E-state index contributed by atoms with van der Waals surface area (Å²) in [5, 5.41) is 27.9. The summed E-state index contributed by atoms with van der Waals surface area (Å²) in [6.07, 6.45) is 0.